The van der Waals surface area contributed by atoms with Gasteiger partial charge in [0.05, 0.1) is 0 Å². The number of nitrogens with one attached hydrogen (secondary N) is 2. The van der Waals surface area contributed by atoms with E-state index >= 15 is 0 Å². The summed E-state index contributed by atoms with van der Waals surface area (Å²) in [6.45, 7) is 2.59. The predicted octanol–water partition coefficient (Wildman–Crippen LogP) is 3.97. The minimum atomic E-state index is -0.314. The van der Waals surface area contributed by atoms with Crippen molar-refractivity contribution in [2.75, 3.05) is 0 Å². The largest absolute Gasteiger partial charge is 0.348 e. The molecule has 3 aromatic rings. The van der Waals surface area contributed by atoms with Crippen molar-refractivity contribution in [3.63, 3.8) is 0 Å². The fraction of sp³-hybridized carbons (Fsp3) is 0.304. The Morgan fingerprint density at radius 3 is 2.78 bits per heavy atom. The fourth-order valence-corrected chi connectivity index (χ4v) is 3.92. The maximum absolute atomic E-state index is 12.6. The van der Waals surface area contributed by atoms with Gasteiger partial charge in [-0.2, -0.15) is 0 Å². The van der Waals surface area contributed by atoms with Crippen molar-refractivity contribution in [3.8, 4) is 0 Å². The standard InChI is InChI=1S/C23H24N2O2/c1-2-15-8-10-21-19(11-15)13-20(23(27)25-21)22(26)24-14-16-7-9-17-5-3-4-6-18(17)12-16/h3-7,9,12-13,15H,2,8,10-11,14H2,1H3,(H,24,26)(H,25,27). The van der Waals surface area contributed by atoms with Crippen molar-refractivity contribution in [1.82, 2.24) is 10.3 Å². The van der Waals surface area contributed by atoms with Crippen LogP contribution in [0.5, 0.6) is 0 Å². The molecule has 0 saturated heterocycles. The highest BCUT2D eigenvalue weighted by Crippen LogP contribution is 2.25. The second kappa shape index (κ2) is 7.39. The molecule has 0 saturated carbocycles. The Kier molecular flexibility index (Phi) is 4.80. The molecule has 4 nitrogen and oxygen atoms in total. The minimum Gasteiger partial charge on any atom is -0.348 e. The van der Waals surface area contributed by atoms with Gasteiger partial charge in [-0.15, -0.1) is 0 Å². The molecule has 0 fully saturated rings. The number of amides is 1. The number of rotatable bonds is 4. The van der Waals surface area contributed by atoms with E-state index < -0.39 is 0 Å². The number of H-pyrrole nitrogens is 1. The molecule has 2 aromatic carbocycles. The van der Waals surface area contributed by atoms with Crippen molar-refractivity contribution >= 4 is 16.7 Å². The summed E-state index contributed by atoms with van der Waals surface area (Å²) in [6.07, 6.45) is 4.06. The zero-order chi connectivity index (χ0) is 18.8. The molecule has 1 amide bonds. The summed E-state index contributed by atoms with van der Waals surface area (Å²) in [5.74, 6) is 0.322. The number of carbonyl (C=O) groups is 1. The number of fused-ring (bicyclic) bond motifs is 2. The SMILES string of the molecule is CCC1CCc2[nH]c(=O)c(C(=O)NCc3ccc4ccccc4c3)cc2C1. The van der Waals surface area contributed by atoms with Crippen LogP contribution in [0.15, 0.2) is 53.3 Å². The molecule has 0 spiro atoms. The van der Waals surface area contributed by atoms with E-state index in [0.717, 1.165) is 47.9 Å². The highest BCUT2D eigenvalue weighted by molar-refractivity contribution is 5.94. The van der Waals surface area contributed by atoms with Crippen molar-refractivity contribution < 1.29 is 4.79 Å². The molecular formula is C23H24N2O2. The molecule has 0 bridgehead atoms. The van der Waals surface area contributed by atoms with Crippen LogP contribution >= 0.6 is 0 Å². The van der Waals surface area contributed by atoms with Crippen LogP contribution in [0.4, 0.5) is 0 Å². The summed E-state index contributed by atoms with van der Waals surface area (Å²) in [5, 5.41) is 5.20. The lowest BCUT2D eigenvalue weighted by molar-refractivity contribution is 0.0949. The summed E-state index contributed by atoms with van der Waals surface area (Å²) >= 11 is 0. The van der Waals surface area contributed by atoms with Gasteiger partial charge in [-0.1, -0.05) is 49.7 Å². The van der Waals surface area contributed by atoms with Crippen molar-refractivity contribution in [3.05, 3.63) is 81.3 Å². The summed E-state index contributed by atoms with van der Waals surface area (Å²) in [5.41, 5.74) is 3.05. The Bertz CT molecular complexity index is 1050. The molecule has 1 aromatic heterocycles. The summed E-state index contributed by atoms with van der Waals surface area (Å²) in [4.78, 5) is 27.9. The average Bonchev–Trinajstić information content (AvgIpc) is 2.71. The van der Waals surface area contributed by atoms with Gasteiger partial charge >= 0.3 is 0 Å². The van der Waals surface area contributed by atoms with E-state index in [0.29, 0.717) is 12.5 Å². The second-order valence-electron chi connectivity index (χ2n) is 7.40. The number of hydrogen-bond donors (Lipinski definition) is 2. The number of carbonyl (C=O) groups excluding carboxylic acids is 1. The molecule has 0 radical (unpaired) electrons. The molecule has 1 aliphatic carbocycles. The lowest BCUT2D eigenvalue weighted by atomic mass is 9.84. The lowest BCUT2D eigenvalue weighted by Gasteiger charge is -2.23. The van der Waals surface area contributed by atoms with Crippen LogP contribution in [-0.4, -0.2) is 10.9 Å². The molecule has 1 unspecified atom stereocenters. The van der Waals surface area contributed by atoms with E-state index in [-0.39, 0.29) is 17.0 Å². The Hall–Kier alpha value is -2.88. The minimum absolute atomic E-state index is 0.214. The van der Waals surface area contributed by atoms with E-state index in [1.807, 2.05) is 24.3 Å². The molecule has 138 valence electrons. The van der Waals surface area contributed by atoms with Crippen LogP contribution in [0, 0.1) is 5.92 Å². The fourth-order valence-electron chi connectivity index (χ4n) is 3.92. The normalized spacial score (nSPS) is 16.1. The third-order valence-electron chi connectivity index (χ3n) is 5.62. The number of aromatic amines is 1. The van der Waals surface area contributed by atoms with Crippen LogP contribution in [0.25, 0.3) is 10.8 Å². The Balaban J connectivity index is 1.51. The number of aryl methyl sites for hydroxylation is 1. The quantitative estimate of drug-likeness (QED) is 0.739. The van der Waals surface area contributed by atoms with Gasteiger partial charge < -0.3 is 10.3 Å². The molecule has 0 aliphatic heterocycles. The third-order valence-corrected chi connectivity index (χ3v) is 5.62. The van der Waals surface area contributed by atoms with Crippen LogP contribution < -0.4 is 10.9 Å². The Labute approximate surface area is 158 Å². The molecule has 1 atom stereocenters. The van der Waals surface area contributed by atoms with Gasteiger partial charge in [0.15, 0.2) is 0 Å². The number of hydrogen-bond acceptors (Lipinski definition) is 2. The maximum Gasteiger partial charge on any atom is 0.261 e. The van der Waals surface area contributed by atoms with Crippen molar-refractivity contribution in [1.29, 1.82) is 0 Å². The maximum atomic E-state index is 12.6. The van der Waals surface area contributed by atoms with Crippen LogP contribution in [0.3, 0.4) is 0 Å². The Morgan fingerprint density at radius 2 is 1.96 bits per heavy atom. The first kappa shape index (κ1) is 17.5. The zero-order valence-corrected chi connectivity index (χ0v) is 15.5. The van der Waals surface area contributed by atoms with Crippen LogP contribution in [-0.2, 0) is 19.4 Å². The topological polar surface area (TPSA) is 62.0 Å². The number of pyridine rings is 1. The first-order chi connectivity index (χ1) is 13.1. The molecular weight excluding hydrogens is 336 g/mol. The second-order valence-corrected chi connectivity index (χ2v) is 7.40. The number of benzene rings is 2. The summed E-state index contributed by atoms with van der Waals surface area (Å²) in [7, 11) is 0. The molecule has 2 N–H and O–H groups in total. The van der Waals surface area contributed by atoms with Gasteiger partial charge in [-0.3, -0.25) is 9.59 Å². The average molecular weight is 360 g/mol. The van der Waals surface area contributed by atoms with Gasteiger partial charge in [-0.25, -0.2) is 0 Å². The summed E-state index contributed by atoms with van der Waals surface area (Å²) in [6, 6.07) is 16.0. The first-order valence-electron chi connectivity index (χ1n) is 9.65. The zero-order valence-electron chi connectivity index (χ0n) is 15.5. The van der Waals surface area contributed by atoms with E-state index in [4.69, 9.17) is 0 Å². The van der Waals surface area contributed by atoms with Crippen LogP contribution in [0.2, 0.25) is 0 Å². The van der Waals surface area contributed by atoms with Crippen LogP contribution in [0.1, 0.15) is 46.9 Å². The van der Waals surface area contributed by atoms with E-state index in [1.165, 1.54) is 5.39 Å². The van der Waals surface area contributed by atoms with E-state index in [9.17, 15) is 9.59 Å². The van der Waals surface area contributed by atoms with E-state index in [2.05, 4.69) is 35.4 Å². The van der Waals surface area contributed by atoms with Crippen molar-refractivity contribution in [2.45, 2.75) is 39.2 Å². The van der Waals surface area contributed by atoms with E-state index in [1.54, 1.807) is 6.07 Å². The van der Waals surface area contributed by atoms with Crippen molar-refractivity contribution in [2.24, 2.45) is 5.92 Å². The highest BCUT2D eigenvalue weighted by Gasteiger charge is 2.21. The molecule has 1 heterocycles. The van der Waals surface area contributed by atoms with Gasteiger partial charge in [0, 0.05) is 12.2 Å². The summed E-state index contributed by atoms with van der Waals surface area (Å²) < 4.78 is 0. The van der Waals surface area contributed by atoms with Gasteiger partial charge in [-0.05, 0) is 59.2 Å². The first-order valence-corrected chi connectivity index (χ1v) is 9.65. The van der Waals surface area contributed by atoms with Gasteiger partial charge in [0.25, 0.3) is 11.5 Å². The molecule has 4 rings (SSSR count). The smallest absolute Gasteiger partial charge is 0.261 e. The Morgan fingerprint density at radius 1 is 1.15 bits per heavy atom. The highest BCUT2D eigenvalue weighted by atomic mass is 16.2. The lowest BCUT2D eigenvalue weighted by Crippen LogP contribution is -2.31. The third kappa shape index (κ3) is 3.65. The molecule has 4 heteroatoms. The van der Waals surface area contributed by atoms with Gasteiger partial charge in [0.2, 0.25) is 0 Å². The monoisotopic (exact) mass is 360 g/mol. The predicted molar refractivity (Wildman–Crippen MR) is 108 cm³/mol. The number of aromatic nitrogens is 1. The van der Waals surface area contributed by atoms with Gasteiger partial charge in [0.1, 0.15) is 5.56 Å². The molecule has 1 aliphatic rings. The molecule has 27 heavy (non-hydrogen) atoms.